The smallest absolute Gasteiger partial charge is 0.308 e. The number of carbonyl (C=O) groups is 2. The van der Waals surface area contributed by atoms with Gasteiger partial charge in [-0.25, -0.2) is 0 Å². The van der Waals surface area contributed by atoms with Crippen molar-refractivity contribution in [2.24, 2.45) is 11.3 Å². The number of rotatable bonds is 9. The van der Waals surface area contributed by atoms with Crippen LogP contribution in [0.4, 0.5) is 0 Å². The summed E-state index contributed by atoms with van der Waals surface area (Å²) in [5.41, 5.74) is -0.0519. The van der Waals surface area contributed by atoms with Crippen LogP contribution in [0, 0.1) is 11.3 Å². The quantitative estimate of drug-likeness (QED) is 0.641. The molecule has 0 fully saturated rings. The van der Waals surface area contributed by atoms with Crippen molar-refractivity contribution in [2.75, 3.05) is 18.1 Å². The minimum absolute atomic E-state index is 0.0519. The Morgan fingerprint density at radius 1 is 1.32 bits per heavy atom. The third-order valence-corrected chi connectivity index (χ3v) is 3.67. The van der Waals surface area contributed by atoms with Gasteiger partial charge >= 0.3 is 5.97 Å². The summed E-state index contributed by atoms with van der Waals surface area (Å²) >= 11 is 1.60. The fraction of sp³-hybridized carbons (Fsp3) is 0.857. The Hall–Kier alpha value is -0.710. The number of carboxylic acid groups (broad SMARTS) is 1. The van der Waals surface area contributed by atoms with Gasteiger partial charge in [-0.3, -0.25) is 9.59 Å². The van der Waals surface area contributed by atoms with Crippen molar-refractivity contribution in [1.82, 2.24) is 5.32 Å². The monoisotopic (exact) mass is 289 g/mol. The van der Waals surface area contributed by atoms with Crippen LogP contribution in [0.3, 0.4) is 0 Å². The molecule has 2 N–H and O–H groups in total. The summed E-state index contributed by atoms with van der Waals surface area (Å²) in [5.74, 6) is -0.0180. The summed E-state index contributed by atoms with van der Waals surface area (Å²) in [6.45, 7) is 8.35. The van der Waals surface area contributed by atoms with E-state index in [9.17, 15) is 9.59 Å². The van der Waals surface area contributed by atoms with Crippen molar-refractivity contribution in [3.63, 3.8) is 0 Å². The van der Waals surface area contributed by atoms with Crippen LogP contribution in [0.25, 0.3) is 0 Å². The highest BCUT2D eigenvalue weighted by atomic mass is 32.2. The lowest BCUT2D eigenvalue weighted by Gasteiger charge is -2.23. The molecule has 0 spiro atoms. The van der Waals surface area contributed by atoms with Gasteiger partial charge in [-0.15, -0.1) is 0 Å². The van der Waals surface area contributed by atoms with E-state index in [1.165, 1.54) is 0 Å². The molecule has 0 heterocycles. The van der Waals surface area contributed by atoms with Crippen LogP contribution >= 0.6 is 11.8 Å². The second kappa shape index (κ2) is 9.23. The molecule has 0 bridgehead atoms. The molecule has 0 saturated heterocycles. The maximum absolute atomic E-state index is 11.6. The van der Waals surface area contributed by atoms with E-state index in [2.05, 4.69) is 12.2 Å². The summed E-state index contributed by atoms with van der Waals surface area (Å²) in [4.78, 5) is 22.7. The average molecular weight is 289 g/mol. The van der Waals surface area contributed by atoms with Crippen LogP contribution in [0.5, 0.6) is 0 Å². The largest absolute Gasteiger partial charge is 0.481 e. The molecule has 0 saturated carbocycles. The zero-order chi connectivity index (χ0) is 14.9. The van der Waals surface area contributed by atoms with Gasteiger partial charge in [0.1, 0.15) is 0 Å². The Bertz CT molecular complexity index is 287. The van der Waals surface area contributed by atoms with Crippen LogP contribution in [0.2, 0.25) is 0 Å². The average Bonchev–Trinajstić information content (AvgIpc) is 2.28. The Morgan fingerprint density at radius 2 is 1.95 bits per heavy atom. The van der Waals surface area contributed by atoms with Gasteiger partial charge < -0.3 is 10.4 Å². The first-order valence-corrected chi connectivity index (χ1v) is 7.99. The van der Waals surface area contributed by atoms with Gasteiger partial charge in [-0.05, 0) is 24.0 Å². The zero-order valence-electron chi connectivity index (χ0n) is 12.5. The van der Waals surface area contributed by atoms with Gasteiger partial charge in [0.05, 0.1) is 11.7 Å². The minimum atomic E-state index is -0.839. The number of hydrogen-bond acceptors (Lipinski definition) is 3. The fourth-order valence-electron chi connectivity index (χ4n) is 1.69. The first kappa shape index (κ1) is 18.3. The number of thioether (sulfide) groups is 1. The van der Waals surface area contributed by atoms with E-state index in [0.717, 1.165) is 18.6 Å². The van der Waals surface area contributed by atoms with E-state index in [1.807, 2.05) is 20.8 Å². The highest BCUT2D eigenvalue weighted by molar-refractivity contribution is 7.99. The summed E-state index contributed by atoms with van der Waals surface area (Å²) in [7, 11) is 0. The molecule has 0 aliphatic heterocycles. The second-order valence-corrected chi connectivity index (χ2v) is 7.12. The topological polar surface area (TPSA) is 66.4 Å². The van der Waals surface area contributed by atoms with E-state index in [1.54, 1.807) is 11.8 Å². The van der Waals surface area contributed by atoms with Gasteiger partial charge in [-0.2, -0.15) is 11.8 Å². The van der Waals surface area contributed by atoms with Crippen LogP contribution < -0.4 is 5.32 Å². The number of hydrogen-bond donors (Lipinski definition) is 2. The maximum Gasteiger partial charge on any atom is 0.308 e. The number of carboxylic acids is 1. The van der Waals surface area contributed by atoms with E-state index in [-0.39, 0.29) is 17.9 Å². The SMILES string of the molecule is CCCCSCC(=O)NCC(CC(C)(C)C)C(=O)O. The first-order valence-electron chi connectivity index (χ1n) is 6.83. The van der Waals surface area contributed by atoms with E-state index < -0.39 is 11.9 Å². The van der Waals surface area contributed by atoms with E-state index in [0.29, 0.717) is 12.2 Å². The highest BCUT2D eigenvalue weighted by Gasteiger charge is 2.24. The Morgan fingerprint density at radius 3 is 2.42 bits per heavy atom. The van der Waals surface area contributed by atoms with Crippen molar-refractivity contribution >= 4 is 23.6 Å². The predicted octanol–water partition coefficient (Wildman–Crippen LogP) is 2.77. The molecule has 1 atom stereocenters. The van der Waals surface area contributed by atoms with Gasteiger partial charge in [0.2, 0.25) is 5.91 Å². The third kappa shape index (κ3) is 10.9. The summed E-state index contributed by atoms with van der Waals surface area (Å²) < 4.78 is 0. The molecule has 0 aliphatic rings. The van der Waals surface area contributed by atoms with Crippen LogP contribution in [0.1, 0.15) is 47.0 Å². The van der Waals surface area contributed by atoms with Crippen molar-refractivity contribution in [2.45, 2.75) is 47.0 Å². The fourth-order valence-corrected chi connectivity index (χ4v) is 2.61. The lowest BCUT2D eigenvalue weighted by Crippen LogP contribution is -2.35. The van der Waals surface area contributed by atoms with Crippen molar-refractivity contribution in [3.8, 4) is 0 Å². The van der Waals surface area contributed by atoms with Crippen LogP contribution in [-0.2, 0) is 9.59 Å². The molecule has 112 valence electrons. The maximum atomic E-state index is 11.6. The molecule has 1 unspecified atom stereocenters. The van der Waals surface area contributed by atoms with Gasteiger partial charge in [0.15, 0.2) is 0 Å². The third-order valence-electron chi connectivity index (χ3n) is 2.63. The highest BCUT2D eigenvalue weighted by Crippen LogP contribution is 2.24. The Balaban J connectivity index is 3.98. The number of carbonyl (C=O) groups excluding carboxylic acids is 1. The minimum Gasteiger partial charge on any atom is -0.481 e. The van der Waals surface area contributed by atoms with E-state index >= 15 is 0 Å². The molecular weight excluding hydrogens is 262 g/mol. The van der Waals surface area contributed by atoms with Crippen LogP contribution in [-0.4, -0.2) is 35.0 Å². The molecule has 0 aromatic carbocycles. The standard InChI is InChI=1S/C14H27NO3S/c1-5-6-7-19-10-12(16)15-9-11(13(17)18)8-14(2,3)4/h11H,5-10H2,1-4H3,(H,15,16)(H,17,18). The van der Waals surface area contributed by atoms with Gasteiger partial charge in [0, 0.05) is 6.54 Å². The molecule has 0 aliphatic carbocycles. The summed E-state index contributed by atoms with van der Waals surface area (Å²) in [6, 6.07) is 0. The van der Waals surface area contributed by atoms with Crippen molar-refractivity contribution < 1.29 is 14.7 Å². The van der Waals surface area contributed by atoms with Gasteiger partial charge in [-0.1, -0.05) is 34.1 Å². The summed E-state index contributed by atoms with van der Waals surface area (Å²) in [5, 5.41) is 11.9. The zero-order valence-corrected chi connectivity index (χ0v) is 13.3. The lowest BCUT2D eigenvalue weighted by molar-refractivity contribution is -0.142. The predicted molar refractivity (Wildman–Crippen MR) is 80.4 cm³/mol. The van der Waals surface area contributed by atoms with E-state index in [4.69, 9.17) is 5.11 Å². The molecular formula is C14H27NO3S. The molecule has 1 amide bonds. The molecule has 0 aromatic heterocycles. The van der Waals surface area contributed by atoms with Crippen molar-refractivity contribution in [1.29, 1.82) is 0 Å². The second-order valence-electron chi connectivity index (χ2n) is 6.01. The molecule has 0 rings (SSSR count). The van der Waals surface area contributed by atoms with Gasteiger partial charge in [0.25, 0.3) is 0 Å². The molecule has 5 heteroatoms. The Labute approximate surface area is 120 Å². The van der Waals surface area contributed by atoms with Crippen LogP contribution in [0.15, 0.2) is 0 Å². The number of amides is 1. The number of unbranched alkanes of at least 4 members (excludes halogenated alkanes) is 1. The molecule has 0 aromatic rings. The number of nitrogens with one attached hydrogen (secondary N) is 1. The molecule has 0 radical (unpaired) electrons. The Kier molecular flexibility index (Phi) is 8.89. The first-order chi connectivity index (χ1) is 8.76. The summed E-state index contributed by atoms with van der Waals surface area (Å²) in [6.07, 6.45) is 2.80. The lowest BCUT2D eigenvalue weighted by atomic mass is 9.84. The number of aliphatic carboxylic acids is 1. The molecule has 4 nitrogen and oxygen atoms in total. The van der Waals surface area contributed by atoms with Crippen molar-refractivity contribution in [3.05, 3.63) is 0 Å². The molecule has 19 heavy (non-hydrogen) atoms. The normalized spacial score (nSPS) is 13.1.